The van der Waals surface area contributed by atoms with E-state index < -0.39 is 24.4 Å². The number of rotatable bonds is 3. The Balaban J connectivity index is 0.00000196. The van der Waals surface area contributed by atoms with Gasteiger partial charge in [-0.2, -0.15) is 0 Å². The fraction of sp³-hybridized carbons (Fsp3) is 0.889. The Hall–Kier alpha value is 1.16. The van der Waals surface area contributed by atoms with Crippen molar-refractivity contribution in [3.05, 3.63) is 5.73 Å². The maximum atomic E-state index is 10.8. The Morgan fingerprint density at radius 1 is 1.53 bits per heavy atom. The summed E-state index contributed by atoms with van der Waals surface area (Å²) < 4.78 is 10.5. The second-order valence-corrected chi connectivity index (χ2v) is 3.73. The molecule has 0 aromatic heterocycles. The topological polar surface area (TPSA) is 79.6 Å². The normalized spacial score (nSPS) is 31.1. The predicted molar refractivity (Wildman–Crippen MR) is 49.5 cm³/mol. The first-order valence-electron chi connectivity index (χ1n) is 4.73. The van der Waals surface area contributed by atoms with Gasteiger partial charge in [-0.1, -0.05) is 0 Å². The third kappa shape index (κ3) is 5.86. The molecule has 6 heteroatoms. The third-order valence-corrected chi connectivity index (χ3v) is 1.98. The van der Waals surface area contributed by atoms with Gasteiger partial charge in [0, 0.05) is 12.8 Å². The zero-order valence-electron chi connectivity index (χ0n) is 9.40. The van der Waals surface area contributed by atoms with E-state index in [1.165, 1.54) is 0 Å². The average Bonchev–Trinajstić information content (AvgIpc) is 2.01. The molecule has 3 unspecified atom stereocenters. The number of carbonyl (C=O) groups excluding carboxylic acids is 1. The van der Waals surface area contributed by atoms with Crippen LogP contribution in [0, 0.1) is 0 Å². The Kier molecular flexibility index (Phi) is 8.05. The van der Waals surface area contributed by atoms with Gasteiger partial charge in [-0.3, -0.25) is 0 Å². The molecule has 1 rings (SSSR count). The summed E-state index contributed by atoms with van der Waals surface area (Å²) in [5.41, 5.74) is 6.90. The van der Waals surface area contributed by atoms with Gasteiger partial charge in [0.2, 0.25) is 0 Å². The summed E-state index contributed by atoms with van der Waals surface area (Å²) in [7, 11) is 0. The Labute approximate surface area is 138 Å². The molecular weight excluding hydrogens is 272 g/mol. The van der Waals surface area contributed by atoms with Gasteiger partial charge in [-0.25, -0.2) is 0 Å². The maximum Gasteiger partial charge on any atom is 1.00 e. The van der Waals surface area contributed by atoms with Crippen LogP contribution in [-0.2, 0) is 14.3 Å². The van der Waals surface area contributed by atoms with Crippen molar-refractivity contribution in [1.82, 2.24) is 0 Å². The van der Waals surface area contributed by atoms with E-state index in [-0.39, 0.29) is 70.7 Å². The molecule has 2 N–H and O–H groups in total. The summed E-state index contributed by atoms with van der Waals surface area (Å²) in [5.74, 6) is -0.805. The SMILES string of the molecule is CC(C)OC1CC(O)CC(C([NH-])=O)O1.[Rb+]. The van der Waals surface area contributed by atoms with E-state index in [4.69, 9.17) is 15.2 Å². The van der Waals surface area contributed by atoms with Gasteiger partial charge in [0.1, 0.15) is 6.10 Å². The van der Waals surface area contributed by atoms with Crippen molar-refractivity contribution in [2.45, 2.75) is 51.3 Å². The quantitative estimate of drug-likeness (QED) is 0.642. The average molecular weight is 288 g/mol. The molecular formula is C9H16NO4Rb. The number of amides is 1. The van der Waals surface area contributed by atoms with Crippen LogP contribution in [0.1, 0.15) is 26.7 Å². The molecule has 3 atom stereocenters. The molecule has 0 aliphatic carbocycles. The van der Waals surface area contributed by atoms with Crippen molar-refractivity contribution in [1.29, 1.82) is 0 Å². The minimum absolute atomic E-state index is 0. The van der Waals surface area contributed by atoms with Crippen LogP contribution in [0.5, 0.6) is 0 Å². The number of nitrogens with one attached hydrogen (secondary N) is 1. The monoisotopic (exact) mass is 287 g/mol. The molecule has 1 saturated heterocycles. The Bertz CT molecular complexity index is 210. The molecule has 1 aliphatic heterocycles. The van der Waals surface area contributed by atoms with Crippen LogP contribution in [0.25, 0.3) is 5.73 Å². The molecule has 1 aliphatic rings. The van der Waals surface area contributed by atoms with Crippen molar-refractivity contribution in [2.75, 3.05) is 0 Å². The summed E-state index contributed by atoms with van der Waals surface area (Å²) in [5, 5.41) is 9.42. The minimum atomic E-state index is -0.845. The van der Waals surface area contributed by atoms with Crippen molar-refractivity contribution < 1.29 is 77.6 Å². The molecule has 0 saturated carbocycles. The van der Waals surface area contributed by atoms with E-state index in [1.807, 2.05) is 13.8 Å². The first-order valence-corrected chi connectivity index (χ1v) is 4.73. The fourth-order valence-electron chi connectivity index (χ4n) is 1.42. The molecule has 0 radical (unpaired) electrons. The van der Waals surface area contributed by atoms with Crippen molar-refractivity contribution in [3.8, 4) is 0 Å². The maximum absolute atomic E-state index is 10.8. The molecule has 1 amide bonds. The van der Waals surface area contributed by atoms with E-state index >= 15 is 0 Å². The molecule has 5 nitrogen and oxygen atoms in total. The van der Waals surface area contributed by atoms with Crippen LogP contribution in [0.15, 0.2) is 0 Å². The zero-order valence-corrected chi connectivity index (χ0v) is 14.3. The first-order chi connectivity index (χ1) is 6.49. The summed E-state index contributed by atoms with van der Waals surface area (Å²) >= 11 is 0. The van der Waals surface area contributed by atoms with Crippen LogP contribution in [0.4, 0.5) is 0 Å². The van der Waals surface area contributed by atoms with E-state index in [1.54, 1.807) is 0 Å². The van der Waals surface area contributed by atoms with E-state index in [2.05, 4.69) is 0 Å². The van der Waals surface area contributed by atoms with E-state index in [9.17, 15) is 9.90 Å². The van der Waals surface area contributed by atoms with Gasteiger partial charge in [-0.05, 0) is 13.8 Å². The summed E-state index contributed by atoms with van der Waals surface area (Å²) in [6, 6.07) is 0. The van der Waals surface area contributed by atoms with Crippen LogP contribution in [0.3, 0.4) is 0 Å². The molecule has 0 spiro atoms. The van der Waals surface area contributed by atoms with Gasteiger partial charge in [-0.15, -0.1) is 0 Å². The standard InChI is InChI=1S/C9H17NO4.Rb/c1-5(2)13-8-4-6(11)3-7(14-8)9(10)12;/h5-8,11H,3-4H2,1-2H3,(H2,10,12);/q;+1/p-1. The summed E-state index contributed by atoms with van der Waals surface area (Å²) in [4.78, 5) is 10.8. The number of hydrogen-bond acceptors (Lipinski definition) is 4. The molecule has 1 heterocycles. The van der Waals surface area contributed by atoms with E-state index in [0.717, 1.165) is 0 Å². The van der Waals surface area contributed by atoms with E-state index in [0.29, 0.717) is 6.42 Å². The third-order valence-electron chi connectivity index (χ3n) is 1.98. The molecule has 0 aromatic rings. The smallest absolute Gasteiger partial charge is 0.666 e. The van der Waals surface area contributed by atoms with Crippen molar-refractivity contribution in [3.63, 3.8) is 0 Å². The molecule has 15 heavy (non-hydrogen) atoms. The van der Waals surface area contributed by atoms with Gasteiger partial charge >= 0.3 is 58.2 Å². The van der Waals surface area contributed by atoms with Crippen LogP contribution in [-0.4, -0.2) is 35.6 Å². The second-order valence-electron chi connectivity index (χ2n) is 3.73. The van der Waals surface area contributed by atoms with Crippen LogP contribution in [0.2, 0.25) is 0 Å². The van der Waals surface area contributed by atoms with Gasteiger partial charge in [0.15, 0.2) is 6.29 Å². The minimum Gasteiger partial charge on any atom is -0.666 e. The summed E-state index contributed by atoms with van der Waals surface area (Å²) in [6.45, 7) is 3.70. The second kappa shape index (κ2) is 7.48. The number of carbonyl (C=O) groups is 1. The van der Waals surface area contributed by atoms with Crippen LogP contribution >= 0.6 is 0 Å². The summed E-state index contributed by atoms with van der Waals surface area (Å²) in [6.07, 6.45) is -1.50. The number of ether oxygens (including phenoxy) is 2. The molecule has 0 aromatic carbocycles. The molecule has 1 fully saturated rings. The van der Waals surface area contributed by atoms with Gasteiger partial charge in [0.25, 0.3) is 0 Å². The fourth-order valence-corrected chi connectivity index (χ4v) is 1.42. The zero-order chi connectivity index (χ0) is 10.7. The van der Waals surface area contributed by atoms with Crippen molar-refractivity contribution >= 4 is 5.91 Å². The molecule has 82 valence electrons. The first kappa shape index (κ1) is 16.2. The largest absolute Gasteiger partial charge is 1.00 e. The van der Waals surface area contributed by atoms with Gasteiger partial charge in [0.05, 0.1) is 18.1 Å². The van der Waals surface area contributed by atoms with Crippen LogP contribution < -0.4 is 58.2 Å². The van der Waals surface area contributed by atoms with Gasteiger partial charge < -0.3 is 25.1 Å². The number of aliphatic hydroxyl groups excluding tert-OH is 1. The Morgan fingerprint density at radius 2 is 2.13 bits per heavy atom. The molecule has 0 bridgehead atoms. The number of aliphatic hydroxyl groups is 1. The predicted octanol–water partition coefficient (Wildman–Crippen LogP) is -2.14. The van der Waals surface area contributed by atoms with Crippen molar-refractivity contribution in [2.24, 2.45) is 0 Å². The Morgan fingerprint density at radius 3 is 2.60 bits per heavy atom. The number of hydrogen-bond donors (Lipinski definition) is 1.